The molecule has 42 nitrogen and oxygen atoms in total. The van der Waals surface area contributed by atoms with Gasteiger partial charge in [0.15, 0.2) is 45.9 Å². The predicted molar refractivity (Wildman–Crippen MR) is 561 cm³/mol. The molecular weight excluding hydrogens is 1970 g/mol. The number of allylic oxidation sites excluding steroid dienone is 4. The molecule has 8 aliphatic rings. The first-order chi connectivity index (χ1) is 70.8. The fourth-order valence-electron chi connectivity index (χ4n) is 22.5. The molecule has 10 aromatic rings. The third kappa shape index (κ3) is 20.9. The number of carboxylic acid groups (broad SMARTS) is 2. The minimum absolute atomic E-state index is 0.0523. The number of hydrogen-bond donors (Lipinski definition) is 16. The number of aliphatic hydroxyl groups is 4. The normalized spacial score (nSPS) is 20.4. The summed E-state index contributed by atoms with van der Waals surface area (Å²) >= 11 is 0. The quantitative estimate of drug-likeness (QED) is 0.0115. The number of aromatic amines is 2. The molecule has 6 aromatic carbocycles. The van der Waals surface area contributed by atoms with E-state index in [-0.39, 0.29) is 96.4 Å². The number of carbonyl (C=O) groups excluding carboxylic acids is 4. The van der Waals surface area contributed by atoms with Gasteiger partial charge < -0.3 is 121 Å². The molecule has 44 heteroatoms. The summed E-state index contributed by atoms with van der Waals surface area (Å²) in [5.74, 6) is -1.71. The zero-order chi connectivity index (χ0) is 108. The van der Waals surface area contributed by atoms with Crippen LogP contribution in [0.1, 0.15) is 261 Å². The summed E-state index contributed by atoms with van der Waals surface area (Å²) < 4.78 is 64.1. The van der Waals surface area contributed by atoms with E-state index in [1.807, 2.05) is 0 Å². The fourth-order valence-corrected chi connectivity index (χ4v) is 23.2. The Labute approximate surface area is 862 Å². The summed E-state index contributed by atoms with van der Waals surface area (Å²) in [5, 5.41) is 85.2. The van der Waals surface area contributed by atoms with Crippen LogP contribution in [0.25, 0.3) is 55.8 Å². The van der Waals surface area contributed by atoms with Crippen LogP contribution < -0.4 is 104 Å². The number of nitrogens with two attached hydrogens (primary N) is 2. The van der Waals surface area contributed by atoms with Crippen molar-refractivity contribution >= 4 is 130 Å². The van der Waals surface area contributed by atoms with Crippen LogP contribution in [-0.4, -0.2) is 227 Å². The molecule has 8 atom stereocenters. The Morgan fingerprint density at radius 1 is 0.460 bits per heavy atom. The van der Waals surface area contributed by atoms with Crippen LogP contribution in [0.4, 0.5) is 35.2 Å². The first kappa shape index (κ1) is 108. The summed E-state index contributed by atoms with van der Waals surface area (Å²) in [6, 6.07) is 25.8. The Bertz CT molecular complexity index is 7840. The van der Waals surface area contributed by atoms with E-state index in [0.29, 0.717) is 134 Å². The third-order valence-corrected chi connectivity index (χ3v) is 30.1. The maximum atomic E-state index is 14.0. The number of fused-ring (bicyclic) bond motifs is 10. The van der Waals surface area contributed by atoms with Crippen molar-refractivity contribution in [2.24, 2.45) is 0 Å². The van der Waals surface area contributed by atoms with Gasteiger partial charge in [-0.25, -0.2) is 28.2 Å². The average Bonchev–Trinajstić information content (AvgIpc) is 1.69. The number of unbranched alkanes of at least 4 members (excludes halogenated alkanes) is 6. The molecule has 2 fully saturated rings. The summed E-state index contributed by atoms with van der Waals surface area (Å²) in [4.78, 5) is 143. The third-order valence-electron chi connectivity index (χ3n) is 29.1. The second kappa shape index (κ2) is 41.7. The number of carboxylic acids is 2. The van der Waals surface area contributed by atoms with E-state index < -0.39 is 107 Å². The second-order valence-corrected chi connectivity index (χ2v) is 43.6. The molecule has 0 saturated carbocycles. The lowest BCUT2D eigenvalue weighted by atomic mass is 9.83. The number of hydrogen-bond acceptors (Lipinski definition) is 30. The number of phosphoric acid groups is 2. The van der Waals surface area contributed by atoms with Gasteiger partial charge in [0.2, 0.25) is 34.5 Å². The first-order valence-electron chi connectivity index (χ1n) is 50.3. The molecule has 0 radical (unpaired) electrons. The molecule has 0 spiro atoms. The molecule has 0 aliphatic carbocycles. The van der Waals surface area contributed by atoms with Crippen molar-refractivity contribution in [2.75, 3.05) is 97.5 Å². The number of nitrogens with zero attached hydrogens (tertiary/aromatic N) is 10. The molecule has 2 amide bonds. The van der Waals surface area contributed by atoms with Gasteiger partial charge in [0, 0.05) is 168 Å². The van der Waals surface area contributed by atoms with Crippen molar-refractivity contribution < 1.29 is 107 Å². The number of nitrogens with one attached hydrogen (secondary N) is 6. The van der Waals surface area contributed by atoms with E-state index >= 15 is 0 Å². The Hall–Kier alpha value is -13.4. The molecule has 4 aromatic heterocycles. The maximum Gasteiger partial charge on any atom is 0.469 e. The van der Waals surface area contributed by atoms with Crippen molar-refractivity contribution in [1.82, 2.24) is 58.8 Å². The molecule has 796 valence electrons. The number of phosphoric ester groups is 2. The van der Waals surface area contributed by atoms with Gasteiger partial charge in [-0.05, 0) is 203 Å². The molecule has 150 heavy (non-hydrogen) atoms. The van der Waals surface area contributed by atoms with Crippen LogP contribution in [0, 0.1) is 0 Å². The van der Waals surface area contributed by atoms with Crippen molar-refractivity contribution in [3.05, 3.63) is 218 Å². The SMILES string of the molecule is CCN1c2cc3c(cc2C(C)=CC1(C)C)C(c1cc(C(=O)NCCCCCCNc2nc4c(=O)[nH]c(N)nc4n2[C@@H]2O[C@H](COP(=O)(O)O)[C@@H](O)[C@H]2O)ccc1C(=O)[O-])=c1cc2c(cc1O3)=[N+](CC)C(C)(C)C=C2C.CCN1c2cc3c(cc2C(C)=CC1(C)C)C(c1ccc(C(=O)NCCCCCCNc2nc4c(=O)[nH]c(N)nc4n2[C@@H]2O[C@H](COP(=O)(O)O)[C@@H](O)[C@H]2O)cc1C(=O)[O-])=c1cc2c(cc1O3)=[N+](CC)C(C)(C)C=C2C. The molecule has 18 N–H and O–H groups in total. The van der Waals surface area contributed by atoms with Crippen LogP contribution in [0.5, 0.6) is 23.0 Å². The Kier molecular flexibility index (Phi) is 30.0. The predicted octanol–water partition coefficient (Wildman–Crippen LogP) is 6.55. The summed E-state index contributed by atoms with van der Waals surface area (Å²) in [6.45, 7) is 37.0. The number of rotatable bonds is 34. The lowest BCUT2D eigenvalue weighted by molar-refractivity contribution is -0.256. The molecule has 8 aliphatic heterocycles. The Balaban J connectivity index is 0.000000204. The van der Waals surface area contributed by atoms with Gasteiger partial charge >= 0.3 is 15.6 Å². The average molecular weight is 2100 g/mol. The Morgan fingerprint density at radius 3 is 1.24 bits per heavy atom. The van der Waals surface area contributed by atoms with Crippen LogP contribution in [0.3, 0.4) is 0 Å². The van der Waals surface area contributed by atoms with E-state index in [9.17, 15) is 78.3 Å². The molecule has 2 saturated heterocycles. The van der Waals surface area contributed by atoms with Gasteiger partial charge in [-0.1, -0.05) is 50.0 Å². The topological polar surface area (TPSA) is 606 Å². The van der Waals surface area contributed by atoms with E-state index in [1.54, 1.807) is 18.2 Å². The van der Waals surface area contributed by atoms with Crippen LogP contribution in [0.15, 0.2) is 119 Å². The number of aliphatic hydroxyl groups excluding tert-OH is 4. The van der Waals surface area contributed by atoms with Crippen LogP contribution in [0.2, 0.25) is 0 Å². The van der Waals surface area contributed by atoms with E-state index in [4.69, 9.17) is 40.2 Å². The van der Waals surface area contributed by atoms with Crippen molar-refractivity contribution in [3.8, 4) is 23.0 Å². The monoisotopic (exact) mass is 2100 g/mol. The number of aromatic carboxylic acids is 2. The number of likely N-dealkylation sites (N-methyl/N-ethyl adjacent to an activating group) is 4. The number of carbonyl (C=O) groups is 4. The number of ether oxygens (including phenoxy) is 4. The number of nitrogen functional groups attached to an aromatic ring is 2. The molecular formula is C106H128N18O24P2. The van der Waals surface area contributed by atoms with E-state index in [1.165, 1.54) is 27.3 Å². The molecule has 0 bridgehead atoms. The zero-order valence-electron chi connectivity index (χ0n) is 86.4. The van der Waals surface area contributed by atoms with E-state index in [2.05, 4.69) is 263 Å². The first-order valence-corrected chi connectivity index (χ1v) is 53.4. The number of anilines is 6. The van der Waals surface area contributed by atoms with E-state index in [0.717, 1.165) is 104 Å². The van der Waals surface area contributed by atoms with Crippen LogP contribution in [-0.2, 0) is 27.7 Å². The van der Waals surface area contributed by atoms with Crippen molar-refractivity contribution in [1.29, 1.82) is 0 Å². The highest BCUT2D eigenvalue weighted by Crippen LogP contribution is 2.51. The van der Waals surface area contributed by atoms with Gasteiger partial charge in [0.1, 0.15) is 72.7 Å². The lowest BCUT2D eigenvalue weighted by Crippen LogP contribution is -2.49. The van der Waals surface area contributed by atoms with Crippen LogP contribution >= 0.6 is 15.6 Å². The standard InChI is InChI=1S/2C53H64N9O12P/c1-9-60-36-22-38-34(20-31(36)27(3)24-52(60,5)6)41(35-21-32-28(4)25-53(7,8)61(10-2)37(32)23-39(35)73-38)33-19-29(15-16-30(33)49(67)68)46(65)55-17-13-11-12-14-18-56-51-57-42-45(58-50(54)59-47(42)66)62(51)48-44(64)43(63)40(74-48)26-72-75(69,70)71;1-9-60-36-22-38-34(20-31(36)27(3)24-52(60,5)6)41(35-21-32-28(4)25-53(7,8)61(10-2)37(32)23-39(35)73-38)30-16-15-29(19-33(30)49(67)68)46(65)55-17-13-11-12-14-18-56-51-57-42-45(58-50(54)59-47(42)66)62(51)48-44(64)43(63)40(74-48)26-72-75(69,70)71/h15-16,19-25,40,43-44,48,63-64H,9-14,17-18,26H2,1-8H3,(H7-,54,55,56,57,58,59,65,66,67,68,69,70,71);15-16,19-25,40,43-44,48,55,63-64H,9-14,17-18,26H2,1-8H3,(H6,54,59,65,66,67,68,69,70,71)/t2*40-,43-,44-,48-/m11/s1. The second-order valence-electron chi connectivity index (χ2n) is 41.1. The lowest BCUT2D eigenvalue weighted by Gasteiger charge is -2.43. The highest BCUT2D eigenvalue weighted by atomic mass is 31.2. The van der Waals surface area contributed by atoms with Crippen molar-refractivity contribution in [3.63, 3.8) is 0 Å². The smallest absolute Gasteiger partial charge is 0.469 e. The summed E-state index contributed by atoms with van der Waals surface area (Å²) in [5.41, 5.74) is 22.8. The highest BCUT2D eigenvalue weighted by Gasteiger charge is 2.50. The number of benzene rings is 6. The summed E-state index contributed by atoms with van der Waals surface area (Å²) in [6.07, 6.45) is 2.08. The number of imidazole rings is 2. The Morgan fingerprint density at radius 2 is 0.847 bits per heavy atom. The number of aromatic nitrogens is 8. The molecule has 0 unspecified atom stereocenters. The number of H-pyrrole nitrogens is 2. The minimum Gasteiger partial charge on any atom is -0.545 e. The summed E-state index contributed by atoms with van der Waals surface area (Å²) in [7, 11) is -9.86. The van der Waals surface area contributed by atoms with Gasteiger partial charge in [-0.15, -0.1) is 0 Å². The molecule has 12 heterocycles. The number of amides is 2. The van der Waals surface area contributed by atoms with Gasteiger partial charge in [-0.3, -0.25) is 47.3 Å². The zero-order valence-corrected chi connectivity index (χ0v) is 88.2. The largest absolute Gasteiger partial charge is 0.545 e. The molecule has 18 rings (SSSR count). The van der Waals surface area contributed by atoms with Gasteiger partial charge in [0.05, 0.1) is 48.4 Å². The highest BCUT2D eigenvalue weighted by molar-refractivity contribution is 7.46. The minimum atomic E-state index is -4.93. The van der Waals surface area contributed by atoms with Gasteiger partial charge in [0.25, 0.3) is 22.9 Å². The van der Waals surface area contributed by atoms with Gasteiger partial charge in [-0.2, -0.15) is 9.97 Å². The fraction of sp³-hybridized carbons (Fsp3) is 0.434. The van der Waals surface area contributed by atoms with Crippen molar-refractivity contribution in [2.45, 2.75) is 233 Å². The maximum absolute atomic E-state index is 14.0.